The first-order chi connectivity index (χ1) is 9.15. The highest BCUT2D eigenvalue weighted by Crippen LogP contribution is 2.24. The Morgan fingerprint density at radius 3 is 2.35 bits per heavy atom. The quantitative estimate of drug-likeness (QED) is 0.717. The summed E-state index contributed by atoms with van der Waals surface area (Å²) in [5.74, 6) is -0.0286. The van der Waals surface area contributed by atoms with E-state index in [2.05, 4.69) is 10.6 Å². The van der Waals surface area contributed by atoms with Gasteiger partial charge in [0.1, 0.15) is 12.1 Å². The molecule has 2 N–H and O–H groups in total. The van der Waals surface area contributed by atoms with Crippen LogP contribution in [0.5, 0.6) is 0 Å². The molecule has 1 atom stereocenters. The molecule has 4 amide bonds. The van der Waals surface area contributed by atoms with Crippen molar-refractivity contribution in [2.24, 2.45) is 11.8 Å². The van der Waals surface area contributed by atoms with E-state index >= 15 is 0 Å². The fraction of sp³-hybridized carbons (Fsp3) is 0.786. The summed E-state index contributed by atoms with van der Waals surface area (Å²) in [5, 5.41) is 5.39. The van der Waals surface area contributed by atoms with Gasteiger partial charge in [0, 0.05) is 6.54 Å². The minimum absolute atomic E-state index is 0.217. The zero-order valence-corrected chi connectivity index (χ0v) is 12.9. The fourth-order valence-electron chi connectivity index (χ4n) is 2.36. The molecule has 1 heterocycles. The fourth-order valence-corrected chi connectivity index (χ4v) is 2.36. The number of imide groups is 1. The summed E-state index contributed by atoms with van der Waals surface area (Å²) < 4.78 is 0. The number of hydrogen-bond acceptors (Lipinski definition) is 3. The second-order valence-electron chi connectivity index (χ2n) is 6.45. The van der Waals surface area contributed by atoms with Gasteiger partial charge in [-0.2, -0.15) is 0 Å². The molecule has 1 aliphatic rings. The van der Waals surface area contributed by atoms with Gasteiger partial charge in [0.05, 0.1) is 0 Å². The number of nitrogens with one attached hydrogen (secondary N) is 2. The van der Waals surface area contributed by atoms with Gasteiger partial charge in [-0.1, -0.05) is 27.7 Å². The number of rotatable bonds is 6. The Kier molecular flexibility index (Phi) is 5.14. The third-order valence-corrected chi connectivity index (χ3v) is 3.17. The van der Waals surface area contributed by atoms with E-state index in [0.29, 0.717) is 18.9 Å². The van der Waals surface area contributed by atoms with Crippen LogP contribution in [0.25, 0.3) is 0 Å². The number of carbonyl (C=O) groups excluding carboxylic acids is 3. The zero-order chi connectivity index (χ0) is 15.5. The monoisotopic (exact) mass is 283 g/mol. The molecule has 0 spiro atoms. The number of hydrogen-bond donors (Lipinski definition) is 2. The van der Waals surface area contributed by atoms with Crippen LogP contribution >= 0.6 is 0 Å². The van der Waals surface area contributed by atoms with Crippen LogP contribution in [0.4, 0.5) is 4.79 Å². The minimum atomic E-state index is -0.899. The normalized spacial score (nSPS) is 22.6. The van der Waals surface area contributed by atoms with Gasteiger partial charge in [-0.05, 0) is 25.2 Å². The molecule has 20 heavy (non-hydrogen) atoms. The van der Waals surface area contributed by atoms with Crippen LogP contribution in [0.3, 0.4) is 0 Å². The van der Waals surface area contributed by atoms with E-state index in [9.17, 15) is 14.4 Å². The Hall–Kier alpha value is -1.59. The number of amides is 4. The predicted octanol–water partition coefficient (Wildman–Crippen LogP) is 1.12. The van der Waals surface area contributed by atoms with Crippen molar-refractivity contribution in [2.75, 3.05) is 13.1 Å². The van der Waals surface area contributed by atoms with Crippen molar-refractivity contribution in [2.45, 2.75) is 46.6 Å². The lowest BCUT2D eigenvalue weighted by Gasteiger charge is -2.23. The molecule has 1 aliphatic heterocycles. The van der Waals surface area contributed by atoms with Gasteiger partial charge in [-0.15, -0.1) is 0 Å². The molecule has 1 rings (SSSR count). The standard InChI is InChI=1S/C14H25N3O3/c1-9(2)6-14(5)12(19)17(13(20)16-14)8-11(18)15-7-10(3)4/h9-10H,6-8H2,1-5H3,(H,15,18)(H,16,20). The maximum absolute atomic E-state index is 12.3. The van der Waals surface area contributed by atoms with Gasteiger partial charge in [-0.25, -0.2) is 4.79 Å². The molecule has 0 bridgehead atoms. The van der Waals surface area contributed by atoms with Crippen LogP contribution in [0.1, 0.15) is 41.0 Å². The molecule has 1 fully saturated rings. The van der Waals surface area contributed by atoms with Crippen LogP contribution in [-0.4, -0.2) is 41.4 Å². The maximum atomic E-state index is 12.3. The summed E-state index contributed by atoms with van der Waals surface area (Å²) >= 11 is 0. The predicted molar refractivity (Wildman–Crippen MR) is 76.0 cm³/mol. The van der Waals surface area contributed by atoms with Crippen LogP contribution in [0.2, 0.25) is 0 Å². The number of urea groups is 1. The molecule has 0 aliphatic carbocycles. The van der Waals surface area contributed by atoms with Crippen molar-refractivity contribution in [1.29, 1.82) is 0 Å². The lowest BCUT2D eigenvalue weighted by atomic mass is 9.91. The summed E-state index contributed by atoms with van der Waals surface area (Å²) in [5.41, 5.74) is -0.899. The molecule has 0 aromatic carbocycles. The van der Waals surface area contributed by atoms with Crippen molar-refractivity contribution in [3.05, 3.63) is 0 Å². The van der Waals surface area contributed by atoms with Gasteiger partial charge in [0.15, 0.2) is 0 Å². The SMILES string of the molecule is CC(C)CNC(=O)CN1C(=O)NC(C)(CC(C)C)C1=O. The highest BCUT2D eigenvalue weighted by molar-refractivity contribution is 6.08. The summed E-state index contributed by atoms with van der Waals surface area (Å²) in [6, 6.07) is -0.488. The molecule has 0 aromatic rings. The first-order valence-corrected chi connectivity index (χ1v) is 7.06. The molecule has 6 nitrogen and oxygen atoms in total. The summed E-state index contributed by atoms with van der Waals surface area (Å²) in [7, 11) is 0. The van der Waals surface area contributed by atoms with Crippen molar-refractivity contribution < 1.29 is 14.4 Å². The van der Waals surface area contributed by atoms with E-state index in [0.717, 1.165) is 4.90 Å². The van der Waals surface area contributed by atoms with Crippen LogP contribution in [0.15, 0.2) is 0 Å². The average Bonchev–Trinajstić information content (AvgIpc) is 2.49. The zero-order valence-electron chi connectivity index (χ0n) is 12.9. The van der Waals surface area contributed by atoms with E-state index in [4.69, 9.17) is 0 Å². The molecule has 6 heteroatoms. The third kappa shape index (κ3) is 3.95. The van der Waals surface area contributed by atoms with Gasteiger partial charge in [0.25, 0.3) is 5.91 Å². The molecule has 0 aromatic heterocycles. The second kappa shape index (κ2) is 6.24. The largest absolute Gasteiger partial charge is 0.354 e. The van der Waals surface area contributed by atoms with Crippen LogP contribution in [0, 0.1) is 11.8 Å². The van der Waals surface area contributed by atoms with Crippen molar-refractivity contribution in [3.8, 4) is 0 Å². The minimum Gasteiger partial charge on any atom is -0.354 e. The van der Waals surface area contributed by atoms with E-state index in [1.165, 1.54) is 0 Å². The Labute approximate surface area is 120 Å². The average molecular weight is 283 g/mol. The topological polar surface area (TPSA) is 78.5 Å². The van der Waals surface area contributed by atoms with Gasteiger partial charge >= 0.3 is 6.03 Å². The smallest absolute Gasteiger partial charge is 0.325 e. The maximum Gasteiger partial charge on any atom is 0.325 e. The Balaban J connectivity index is 2.66. The Morgan fingerprint density at radius 1 is 1.25 bits per heavy atom. The highest BCUT2D eigenvalue weighted by Gasteiger charge is 2.48. The van der Waals surface area contributed by atoms with Gasteiger partial charge < -0.3 is 10.6 Å². The van der Waals surface area contributed by atoms with E-state index in [1.54, 1.807) is 6.92 Å². The highest BCUT2D eigenvalue weighted by atomic mass is 16.2. The molecule has 1 unspecified atom stereocenters. The summed E-state index contributed by atoms with van der Waals surface area (Å²) in [6.45, 7) is 9.96. The molecule has 114 valence electrons. The van der Waals surface area contributed by atoms with Crippen molar-refractivity contribution >= 4 is 17.8 Å². The first-order valence-electron chi connectivity index (χ1n) is 7.06. The van der Waals surface area contributed by atoms with Crippen LogP contribution in [-0.2, 0) is 9.59 Å². The van der Waals surface area contributed by atoms with E-state index < -0.39 is 11.6 Å². The van der Waals surface area contributed by atoms with Gasteiger partial charge in [-0.3, -0.25) is 14.5 Å². The van der Waals surface area contributed by atoms with Crippen molar-refractivity contribution in [1.82, 2.24) is 15.5 Å². The molecule has 0 radical (unpaired) electrons. The number of carbonyl (C=O) groups is 3. The lowest BCUT2D eigenvalue weighted by molar-refractivity contribution is -0.135. The lowest BCUT2D eigenvalue weighted by Crippen LogP contribution is -2.46. The molecule has 0 saturated carbocycles. The number of nitrogens with zero attached hydrogens (tertiary/aromatic N) is 1. The summed E-state index contributed by atoms with van der Waals surface area (Å²) in [6.07, 6.45) is 0.557. The van der Waals surface area contributed by atoms with Crippen molar-refractivity contribution in [3.63, 3.8) is 0 Å². The Bertz CT molecular complexity index is 406. The Morgan fingerprint density at radius 2 is 1.85 bits per heavy atom. The molecular formula is C14H25N3O3. The molecular weight excluding hydrogens is 258 g/mol. The van der Waals surface area contributed by atoms with Gasteiger partial charge in [0.2, 0.25) is 5.91 Å². The summed E-state index contributed by atoms with van der Waals surface area (Å²) in [4.78, 5) is 36.9. The third-order valence-electron chi connectivity index (χ3n) is 3.17. The van der Waals surface area contributed by atoms with E-state index in [1.807, 2.05) is 27.7 Å². The van der Waals surface area contributed by atoms with E-state index in [-0.39, 0.29) is 24.3 Å². The second-order valence-corrected chi connectivity index (χ2v) is 6.45. The molecule has 1 saturated heterocycles. The van der Waals surface area contributed by atoms with Crippen LogP contribution < -0.4 is 10.6 Å². The first kappa shape index (κ1) is 16.5.